The summed E-state index contributed by atoms with van der Waals surface area (Å²) in [6, 6.07) is 6.99. The zero-order valence-corrected chi connectivity index (χ0v) is 11.6. The van der Waals surface area contributed by atoms with Crippen molar-refractivity contribution in [1.29, 1.82) is 0 Å². The van der Waals surface area contributed by atoms with E-state index >= 15 is 0 Å². The van der Waals surface area contributed by atoms with Gasteiger partial charge in [-0.2, -0.15) is 0 Å². The number of halogens is 1. The second-order valence-corrected chi connectivity index (χ2v) is 5.69. The summed E-state index contributed by atoms with van der Waals surface area (Å²) < 4.78 is 18.8. The third-order valence-electron chi connectivity index (χ3n) is 4.13. The van der Waals surface area contributed by atoms with E-state index in [0.29, 0.717) is 12.1 Å². The summed E-state index contributed by atoms with van der Waals surface area (Å²) in [6.45, 7) is -0.0616. The van der Waals surface area contributed by atoms with E-state index in [4.69, 9.17) is 4.74 Å². The second-order valence-electron chi connectivity index (χ2n) is 5.69. The van der Waals surface area contributed by atoms with Gasteiger partial charge in [0.05, 0.1) is 0 Å². The molecule has 0 atom stereocenters. The molecule has 0 unspecified atom stereocenters. The molecule has 2 saturated carbocycles. The van der Waals surface area contributed by atoms with Crippen molar-refractivity contribution in [3.8, 4) is 5.75 Å². The van der Waals surface area contributed by atoms with Gasteiger partial charge in [0.15, 0.2) is 18.2 Å². The van der Waals surface area contributed by atoms with Crippen LogP contribution in [0.1, 0.15) is 38.5 Å². The predicted molar refractivity (Wildman–Crippen MR) is 74.0 cm³/mol. The highest BCUT2D eigenvalue weighted by Crippen LogP contribution is 2.34. The van der Waals surface area contributed by atoms with Gasteiger partial charge < -0.3 is 9.64 Å². The van der Waals surface area contributed by atoms with Gasteiger partial charge in [-0.25, -0.2) is 4.39 Å². The smallest absolute Gasteiger partial charge is 0.261 e. The van der Waals surface area contributed by atoms with E-state index in [2.05, 4.69) is 0 Å². The summed E-state index contributed by atoms with van der Waals surface area (Å²) in [5.74, 6) is -0.259. The lowest BCUT2D eigenvalue weighted by atomic mass is 10.2. The molecule has 3 rings (SSSR count). The van der Waals surface area contributed by atoms with Crippen molar-refractivity contribution in [1.82, 2.24) is 4.90 Å². The monoisotopic (exact) mass is 277 g/mol. The molecule has 108 valence electrons. The Morgan fingerprint density at radius 3 is 2.45 bits per heavy atom. The molecule has 0 aromatic heterocycles. The molecular weight excluding hydrogens is 257 g/mol. The summed E-state index contributed by atoms with van der Waals surface area (Å²) in [6.07, 6.45) is 6.80. The molecule has 1 aromatic carbocycles. The van der Waals surface area contributed by atoms with Gasteiger partial charge in [0.1, 0.15) is 0 Å². The number of amides is 1. The molecule has 2 fully saturated rings. The van der Waals surface area contributed by atoms with Gasteiger partial charge in [-0.1, -0.05) is 25.0 Å². The van der Waals surface area contributed by atoms with E-state index in [0.717, 1.165) is 25.7 Å². The fourth-order valence-electron chi connectivity index (χ4n) is 3.02. The van der Waals surface area contributed by atoms with Crippen LogP contribution in [0.25, 0.3) is 0 Å². The molecule has 20 heavy (non-hydrogen) atoms. The second kappa shape index (κ2) is 5.81. The van der Waals surface area contributed by atoms with Gasteiger partial charge in [0, 0.05) is 12.1 Å². The molecule has 0 N–H and O–H groups in total. The van der Waals surface area contributed by atoms with Crippen LogP contribution in [0, 0.1) is 5.82 Å². The number of rotatable bonds is 5. The molecule has 0 spiro atoms. The lowest BCUT2D eigenvalue weighted by molar-refractivity contribution is -0.136. The normalized spacial score (nSPS) is 19.1. The van der Waals surface area contributed by atoms with E-state index in [1.807, 2.05) is 4.90 Å². The first-order chi connectivity index (χ1) is 9.75. The van der Waals surface area contributed by atoms with Crippen LogP contribution in [-0.4, -0.2) is 29.5 Å². The quantitative estimate of drug-likeness (QED) is 0.827. The van der Waals surface area contributed by atoms with E-state index in [1.54, 1.807) is 18.2 Å². The van der Waals surface area contributed by atoms with Crippen LogP contribution in [0.4, 0.5) is 4.39 Å². The number of hydrogen-bond donors (Lipinski definition) is 0. The van der Waals surface area contributed by atoms with Crippen molar-refractivity contribution in [3.63, 3.8) is 0 Å². The first-order valence-corrected chi connectivity index (χ1v) is 7.44. The van der Waals surface area contributed by atoms with Crippen LogP contribution in [-0.2, 0) is 4.79 Å². The van der Waals surface area contributed by atoms with Gasteiger partial charge in [-0.05, 0) is 37.8 Å². The number of carbonyl (C=O) groups is 1. The van der Waals surface area contributed by atoms with Crippen molar-refractivity contribution >= 4 is 5.91 Å². The standard InChI is InChI=1S/C16H20FNO2/c17-14-7-3-4-8-15(14)20-11-16(19)18(13-9-10-13)12-5-1-2-6-12/h3-4,7-8,12-13H,1-2,5-6,9-11H2. The number of ether oxygens (including phenoxy) is 1. The van der Waals surface area contributed by atoms with E-state index in [1.165, 1.54) is 18.9 Å². The SMILES string of the molecule is O=C(COc1ccccc1F)N(C1CCCC1)C1CC1. The third-order valence-corrected chi connectivity index (χ3v) is 4.13. The van der Waals surface area contributed by atoms with Gasteiger partial charge in [0.25, 0.3) is 5.91 Å². The maximum atomic E-state index is 13.5. The number of benzene rings is 1. The van der Waals surface area contributed by atoms with Gasteiger partial charge >= 0.3 is 0 Å². The molecule has 4 heteroatoms. The predicted octanol–water partition coefficient (Wildman–Crippen LogP) is 3.14. The topological polar surface area (TPSA) is 29.5 Å². The summed E-state index contributed by atoms with van der Waals surface area (Å²) in [4.78, 5) is 14.4. The third kappa shape index (κ3) is 2.94. The highest BCUT2D eigenvalue weighted by molar-refractivity contribution is 5.78. The van der Waals surface area contributed by atoms with Crippen molar-refractivity contribution < 1.29 is 13.9 Å². The summed E-state index contributed by atoms with van der Waals surface area (Å²) in [5.41, 5.74) is 0. The maximum Gasteiger partial charge on any atom is 0.261 e. The van der Waals surface area contributed by atoms with Crippen LogP contribution < -0.4 is 4.74 Å². The molecule has 0 aliphatic heterocycles. The highest BCUT2D eigenvalue weighted by atomic mass is 19.1. The fourth-order valence-corrected chi connectivity index (χ4v) is 3.02. The molecular formula is C16H20FNO2. The summed E-state index contributed by atoms with van der Waals surface area (Å²) in [7, 11) is 0. The van der Waals surface area contributed by atoms with Crippen molar-refractivity contribution in [3.05, 3.63) is 30.1 Å². The molecule has 0 heterocycles. The zero-order chi connectivity index (χ0) is 13.9. The van der Waals surface area contributed by atoms with E-state index < -0.39 is 5.82 Å². The largest absolute Gasteiger partial charge is 0.481 e. The fraction of sp³-hybridized carbons (Fsp3) is 0.562. The number of hydrogen-bond acceptors (Lipinski definition) is 2. The van der Waals surface area contributed by atoms with Crippen LogP contribution >= 0.6 is 0 Å². The summed E-state index contributed by atoms with van der Waals surface area (Å²) in [5, 5.41) is 0. The van der Waals surface area contributed by atoms with Crippen LogP contribution in [0.5, 0.6) is 5.75 Å². The molecule has 1 aromatic rings. The van der Waals surface area contributed by atoms with Crippen LogP contribution in [0.2, 0.25) is 0 Å². The Hall–Kier alpha value is -1.58. The van der Waals surface area contributed by atoms with E-state index in [-0.39, 0.29) is 18.3 Å². The van der Waals surface area contributed by atoms with Gasteiger partial charge in [-0.3, -0.25) is 4.79 Å². The van der Waals surface area contributed by atoms with Gasteiger partial charge in [0.2, 0.25) is 0 Å². The summed E-state index contributed by atoms with van der Waals surface area (Å²) >= 11 is 0. The van der Waals surface area contributed by atoms with Crippen molar-refractivity contribution in [2.45, 2.75) is 50.6 Å². The maximum absolute atomic E-state index is 13.5. The molecule has 2 aliphatic carbocycles. The number of para-hydroxylation sites is 1. The average molecular weight is 277 g/mol. The Morgan fingerprint density at radius 2 is 1.80 bits per heavy atom. The molecule has 0 saturated heterocycles. The lowest BCUT2D eigenvalue weighted by Crippen LogP contribution is -2.43. The number of nitrogens with zero attached hydrogens (tertiary/aromatic N) is 1. The molecule has 1 amide bonds. The molecule has 0 radical (unpaired) electrons. The zero-order valence-electron chi connectivity index (χ0n) is 11.6. The molecule has 3 nitrogen and oxygen atoms in total. The van der Waals surface area contributed by atoms with Crippen molar-refractivity contribution in [2.24, 2.45) is 0 Å². The Balaban J connectivity index is 1.61. The Morgan fingerprint density at radius 1 is 1.15 bits per heavy atom. The van der Waals surface area contributed by atoms with Gasteiger partial charge in [-0.15, -0.1) is 0 Å². The first-order valence-electron chi connectivity index (χ1n) is 7.44. The van der Waals surface area contributed by atoms with Crippen molar-refractivity contribution in [2.75, 3.05) is 6.61 Å². The van der Waals surface area contributed by atoms with E-state index in [9.17, 15) is 9.18 Å². The Labute approximate surface area is 118 Å². The number of carbonyl (C=O) groups excluding carboxylic acids is 1. The lowest BCUT2D eigenvalue weighted by Gasteiger charge is -2.29. The first kappa shape index (κ1) is 13.4. The Bertz CT molecular complexity index is 481. The highest BCUT2D eigenvalue weighted by Gasteiger charge is 2.38. The Kier molecular flexibility index (Phi) is 3.90. The minimum atomic E-state index is -0.417. The minimum absolute atomic E-state index is 0.00246. The molecule has 0 bridgehead atoms. The molecule has 2 aliphatic rings. The van der Waals surface area contributed by atoms with Crippen LogP contribution in [0.15, 0.2) is 24.3 Å². The minimum Gasteiger partial charge on any atom is -0.481 e. The van der Waals surface area contributed by atoms with Crippen LogP contribution in [0.3, 0.4) is 0 Å². The average Bonchev–Trinajstić information content (AvgIpc) is 3.13.